The molecule has 8 heteroatoms. The lowest BCUT2D eigenvalue weighted by Gasteiger charge is -2.31. The lowest BCUT2D eigenvalue weighted by Crippen LogP contribution is -2.47. The fourth-order valence-electron chi connectivity index (χ4n) is 4.75. The average molecular weight is 506 g/mol. The minimum absolute atomic E-state index is 0.0242. The molecule has 0 spiro atoms. The minimum Gasteiger partial charge on any atom is -0.343 e. The van der Waals surface area contributed by atoms with Gasteiger partial charge in [-0.1, -0.05) is 29.7 Å². The van der Waals surface area contributed by atoms with Crippen LogP contribution in [-0.4, -0.2) is 34.4 Å². The molecule has 6 nitrogen and oxygen atoms in total. The summed E-state index contributed by atoms with van der Waals surface area (Å²) >= 11 is 5.95. The Morgan fingerprint density at radius 3 is 2.44 bits per heavy atom. The molecule has 5 rings (SSSR count). The van der Waals surface area contributed by atoms with Gasteiger partial charge in [0, 0.05) is 48.3 Å². The minimum atomic E-state index is -0.690. The van der Waals surface area contributed by atoms with Crippen LogP contribution in [0.15, 0.2) is 47.4 Å². The number of terminal acetylenes is 1. The number of rotatable bonds is 6. The van der Waals surface area contributed by atoms with Crippen LogP contribution >= 0.6 is 11.6 Å². The van der Waals surface area contributed by atoms with Crippen molar-refractivity contribution in [3.05, 3.63) is 80.3 Å². The molecule has 3 aromatic rings. The number of amides is 1. The van der Waals surface area contributed by atoms with Gasteiger partial charge in [0.25, 0.3) is 5.91 Å². The zero-order valence-corrected chi connectivity index (χ0v) is 20.4. The van der Waals surface area contributed by atoms with Crippen molar-refractivity contribution < 1.29 is 14.0 Å². The van der Waals surface area contributed by atoms with Gasteiger partial charge in [-0.05, 0) is 55.9 Å². The number of carbonyl (C=O) groups excluding carboxylic acids is 2. The van der Waals surface area contributed by atoms with Gasteiger partial charge in [0.15, 0.2) is 5.78 Å². The molecule has 0 bridgehead atoms. The van der Waals surface area contributed by atoms with Crippen LogP contribution < -0.4 is 10.9 Å². The zero-order chi connectivity index (χ0) is 25.4. The van der Waals surface area contributed by atoms with Crippen molar-refractivity contribution in [3.63, 3.8) is 0 Å². The first kappa shape index (κ1) is 24.2. The first-order valence-corrected chi connectivity index (χ1v) is 12.4. The van der Waals surface area contributed by atoms with Crippen LogP contribution in [0.1, 0.15) is 64.4 Å². The van der Waals surface area contributed by atoms with Gasteiger partial charge >= 0.3 is 0 Å². The van der Waals surface area contributed by atoms with E-state index in [2.05, 4.69) is 11.3 Å². The summed E-state index contributed by atoms with van der Waals surface area (Å²) in [6.07, 6.45) is 10.7. The molecule has 1 amide bonds. The van der Waals surface area contributed by atoms with Crippen molar-refractivity contribution in [2.45, 2.75) is 38.1 Å². The molecule has 0 atom stereocenters. The van der Waals surface area contributed by atoms with Gasteiger partial charge in [0.1, 0.15) is 11.4 Å². The summed E-state index contributed by atoms with van der Waals surface area (Å²) in [5, 5.41) is 1.86. The third-order valence-corrected chi connectivity index (χ3v) is 7.27. The van der Waals surface area contributed by atoms with Gasteiger partial charge in [-0.25, -0.2) is 9.40 Å². The topological polar surface area (TPSA) is 71.4 Å². The maximum Gasteiger partial charge on any atom is 0.271 e. The molecule has 1 aliphatic heterocycles. The Kier molecular flexibility index (Phi) is 6.65. The van der Waals surface area contributed by atoms with E-state index in [1.54, 1.807) is 35.5 Å². The van der Waals surface area contributed by atoms with Gasteiger partial charge < -0.3 is 4.57 Å². The van der Waals surface area contributed by atoms with Crippen molar-refractivity contribution in [1.29, 1.82) is 0 Å². The monoisotopic (exact) mass is 505 g/mol. The molecule has 36 heavy (non-hydrogen) atoms. The largest absolute Gasteiger partial charge is 0.343 e. The summed E-state index contributed by atoms with van der Waals surface area (Å²) < 4.78 is 16.0. The van der Waals surface area contributed by atoms with E-state index in [4.69, 9.17) is 18.0 Å². The summed E-state index contributed by atoms with van der Waals surface area (Å²) in [5.41, 5.74) is 4.20. The number of hydrogen-bond donors (Lipinski definition) is 1. The highest BCUT2D eigenvalue weighted by molar-refractivity contribution is 6.31. The van der Waals surface area contributed by atoms with Gasteiger partial charge in [0.2, 0.25) is 5.43 Å². The number of Topliss-reactive ketones (excluding diaryl/α,β-unsaturated/α-hetero) is 1. The van der Waals surface area contributed by atoms with E-state index in [1.165, 1.54) is 6.07 Å². The van der Waals surface area contributed by atoms with Gasteiger partial charge in [-0.15, -0.1) is 6.42 Å². The summed E-state index contributed by atoms with van der Waals surface area (Å²) in [7, 11) is 0. The fourth-order valence-corrected chi connectivity index (χ4v) is 4.90. The van der Waals surface area contributed by atoms with Crippen LogP contribution in [0.25, 0.3) is 10.9 Å². The van der Waals surface area contributed by atoms with E-state index in [-0.39, 0.29) is 33.7 Å². The van der Waals surface area contributed by atoms with E-state index >= 15 is 0 Å². The second-order valence-corrected chi connectivity index (χ2v) is 9.92. The van der Waals surface area contributed by atoms with Crippen molar-refractivity contribution in [2.24, 2.45) is 5.92 Å². The number of hydrogen-bond acceptors (Lipinski definition) is 4. The highest BCUT2D eigenvalue weighted by Gasteiger charge is 2.29. The number of piperidine rings is 1. The predicted molar refractivity (Wildman–Crippen MR) is 137 cm³/mol. The van der Waals surface area contributed by atoms with Crippen LogP contribution in [0, 0.1) is 24.1 Å². The Hall–Kier alpha value is -3.47. The molecule has 1 N–H and O–H groups in total. The van der Waals surface area contributed by atoms with E-state index in [1.807, 2.05) is 4.57 Å². The summed E-state index contributed by atoms with van der Waals surface area (Å²) in [4.78, 5) is 38.8. The number of fused-ring (bicyclic) bond motifs is 1. The first-order valence-electron chi connectivity index (χ1n) is 12.0. The molecule has 1 aliphatic carbocycles. The predicted octanol–water partition coefficient (Wildman–Crippen LogP) is 4.74. The molecule has 1 aromatic heterocycles. The highest BCUT2D eigenvalue weighted by Crippen LogP contribution is 2.37. The molecule has 1 saturated heterocycles. The summed E-state index contributed by atoms with van der Waals surface area (Å²) in [5.74, 6) is 1.61. The van der Waals surface area contributed by atoms with Crippen LogP contribution in [0.3, 0.4) is 0 Å². The smallest absolute Gasteiger partial charge is 0.271 e. The Balaban J connectivity index is 1.25. The number of aromatic nitrogens is 1. The molecule has 184 valence electrons. The number of hydrazine groups is 1. The van der Waals surface area contributed by atoms with Crippen LogP contribution in [0.4, 0.5) is 4.39 Å². The quantitative estimate of drug-likeness (QED) is 0.388. The Morgan fingerprint density at radius 1 is 1.11 bits per heavy atom. The first-order chi connectivity index (χ1) is 17.3. The molecule has 0 radical (unpaired) electrons. The SMILES string of the molecule is C#Cc1ccc(C(=O)CC2CCN(NC(=O)c3cn(C4CC4)c4cc(Cl)c(F)cc4c3=O)CC2)cc1. The lowest BCUT2D eigenvalue weighted by molar-refractivity contribution is 0.0676. The van der Waals surface area contributed by atoms with Gasteiger partial charge in [0.05, 0.1) is 10.5 Å². The fraction of sp³-hybridized carbons (Fsp3) is 0.321. The molecule has 2 aliphatic rings. The van der Waals surface area contributed by atoms with E-state index in [0.717, 1.165) is 37.3 Å². The molecular formula is C28H25ClFN3O3. The number of ketones is 1. The van der Waals surface area contributed by atoms with Crippen molar-refractivity contribution >= 4 is 34.2 Å². The van der Waals surface area contributed by atoms with Gasteiger partial charge in [-0.2, -0.15) is 0 Å². The molecule has 2 fully saturated rings. The number of halogens is 2. The van der Waals surface area contributed by atoms with E-state index in [9.17, 15) is 18.8 Å². The Bertz CT molecular complexity index is 1450. The molecular weight excluding hydrogens is 481 g/mol. The molecule has 1 saturated carbocycles. The molecule has 2 aromatic carbocycles. The lowest BCUT2D eigenvalue weighted by atomic mass is 9.90. The maximum absolute atomic E-state index is 14.1. The second-order valence-electron chi connectivity index (χ2n) is 9.51. The number of pyridine rings is 1. The van der Waals surface area contributed by atoms with Crippen molar-refractivity contribution in [1.82, 2.24) is 15.0 Å². The van der Waals surface area contributed by atoms with Crippen LogP contribution in [-0.2, 0) is 0 Å². The number of benzene rings is 2. The van der Waals surface area contributed by atoms with Crippen molar-refractivity contribution in [2.75, 3.05) is 13.1 Å². The van der Waals surface area contributed by atoms with Crippen molar-refractivity contribution in [3.8, 4) is 12.3 Å². The van der Waals surface area contributed by atoms with E-state index in [0.29, 0.717) is 30.6 Å². The molecule has 2 heterocycles. The second kappa shape index (κ2) is 9.88. The van der Waals surface area contributed by atoms with Crippen LogP contribution in [0.5, 0.6) is 0 Å². The average Bonchev–Trinajstić information content (AvgIpc) is 3.72. The van der Waals surface area contributed by atoms with Gasteiger partial charge in [-0.3, -0.25) is 19.8 Å². The summed E-state index contributed by atoms with van der Waals surface area (Å²) in [6, 6.07) is 9.75. The Labute approximate surface area is 213 Å². The number of nitrogens with zero attached hydrogens (tertiary/aromatic N) is 2. The van der Waals surface area contributed by atoms with Crippen LogP contribution in [0.2, 0.25) is 5.02 Å². The molecule has 0 unspecified atom stereocenters. The summed E-state index contributed by atoms with van der Waals surface area (Å²) in [6.45, 7) is 1.13. The normalized spacial score (nSPS) is 16.6. The Morgan fingerprint density at radius 2 is 1.81 bits per heavy atom. The highest BCUT2D eigenvalue weighted by atomic mass is 35.5. The third-order valence-electron chi connectivity index (χ3n) is 6.98. The number of carbonyl (C=O) groups is 2. The number of nitrogens with one attached hydrogen (secondary N) is 1. The third kappa shape index (κ3) is 4.92. The maximum atomic E-state index is 14.1. The standard InChI is InChI=1S/C28H25ClFN3O3/c1-2-17-3-5-19(6-4-17)26(34)13-18-9-11-32(12-10-18)31-28(36)22-16-33(20-7-8-20)25-15-23(29)24(30)14-21(25)27(22)35/h1,3-6,14-16,18,20H,7-13H2,(H,31,36). The zero-order valence-electron chi connectivity index (χ0n) is 19.6. The van der Waals surface area contributed by atoms with E-state index < -0.39 is 17.2 Å².